The highest BCUT2D eigenvalue weighted by atomic mass is 16.7. The van der Waals surface area contributed by atoms with Crippen LogP contribution in [0.4, 0.5) is 0 Å². The van der Waals surface area contributed by atoms with E-state index in [9.17, 15) is 5.11 Å². The molecule has 1 saturated carbocycles. The summed E-state index contributed by atoms with van der Waals surface area (Å²) in [6.07, 6.45) is 6.18. The largest absolute Gasteiger partial charge is 0.480 e. The number of hydrogen-bond acceptors (Lipinski definition) is 9. The molecule has 0 amide bonds. The molecule has 2 fully saturated rings. The quantitative estimate of drug-likeness (QED) is 0.195. The van der Waals surface area contributed by atoms with Gasteiger partial charge in [-0.2, -0.15) is 0 Å². The van der Waals surface area contributed by atoms with Gasteiger partial charge in [-0.3, -0.25) is 4.98 Å². The SMILES string of the molecule is C=C1C[C@H](CN2Cc3ccc(-c4cccc(-c5cccc(-c6cnc(CN[C@H]7CCC[C@H]7O)c(OC)n6)c5C)c4CC)nc3O2)CN1. The number of aliphatic hydroxyl groups excluding tert-OH is 1. The Balaban J connectivity index is 1.15. The van der Waals surface area contributed by atoms with E-state index in [-0.39, 0.29) is 12.1 Å². The Morgan fingerprint density at radius 2 is 1.85 bits per heavy atom. The third-order valence-corrected chi connectivity index (χ3v) is 9.86. The lowest BCUT2D eigenvalue weighted by atomic mass is 9.88. The molecular formula is C38H44N6O3. The molecule has 0 bridgehead atoms. The molecule has 0 radical (unpaired) electrons. The zero-order chi connectivity index (χ0) is 32.5. The highest BCUT2D eigenvalue weighted by Crippen LogP contribution is 2.38. The van der Waals surface area contributed by atoms with Crippen LogP contribution in [0.3, 0.4) is 0 Å². The van der Waals surface area contributed by atoms with Gasteiger partial charge in [0.2, 0.25) is 11.8 Å². The lowest BCUT2D eigenvalue weighted by molar-refractivity contribution is -0.0561. The molecule has 0 unspecified atom stereocenters. The fraction of sp³-hybridized carbons (Fsp3) is 0.395. The normalized spacial score (nSPS) is 20.7. The first-order chi connectivity index (χ1) is 22.9. The Morgan fingerprint density at radius 3 is 2.60 bits per heavy atom. The molecule has 9 heteroatoms. The Bertz CT molecular complexity index is 1790. The van der Waals surface area contributed by atoms with E-state index in [0.29, 0.717) is 24.2 Å². The highest BCUT2D eigenvalue weighted by Gasteiger charge is 2.29. The van der Waals surface area contributed by atoms with Gasteiger partial charge in [0.1, 0.15) is 5.69 Å². The summed E-state index contributed by atoms with van der Waals surface area (Å²) in [7, 11) is 1.63. The summed E-state index contributed by atoms with van der Waals surface area (Å²) >= 11 is 0. The van der Waals surface area contributed by atoms with Gasteiger partial charge in [0.25, 0.3) is 0 Å². The second-order valence-corrected chi connectivity index (χ2v) is 13.0. The van der Waals surface area contributed by atoms with E-state index in [1.165, 1.54) is 11.1 Å². The number of rotatable bonds is 10. The number of methoxy groups -OCH3 is 1. The summed E-state index contributed by atoms with van der Waals surface area (Å²) in [5.41, 5.74) is 11.5. The van der Waals surface area contributed by atoms with E-state index in [1.807, 2.05) is 11.3 Å². The number of hydrogen-bond donors (Lipinski definition) is 3. The van der Waals surface area contributed by atoms with Crippen molar-refractivity contribution in [1.82, 2.24) is 30.6 Å². The molecule has 9 nitrogen and oxygen atoms in total. The van der Waals surface area contributed by atoms with Crippen LogP contribution < -0.4 is 20.2 Å². The van der Waals surface area contributed by atoms with Crippen molar-refractivity contribution in [2.24, 2.45) is 5.92 Å². The van der Waals surface area contributed by atoms with Crippen molar-refractivity contribution in [2.75, 3.05) is 20.2 Å². The van der Waals surface area contributed by atoms with Crippen molar-refractivity contribution in [3.05, 3.63) is 89.4 Å². The third kappa shape index (κ3) is 6.35. The smallest absolute Gasteiger partial charge is 0.243 e. The van der Waals surface area contributed by atoms with Gasteiger partial charge < -0.3 is 25.3 Å². The van der Waals surface area contributed by atoms with E-state index in [0.717, 1.165) is 102 Å². The molecule has 3 aliphatic rings. The monoisotopic (exact) mass is 632 g/mol. The number of benzene rings is 2. The Kier molecular flexibility index (Phi) is 8.94. The van der Waals surface area contributed by atoms with Crippen molar-refractivity contribution in [3.8, 4) is 45.4 Å². The second kappa shape index (κ2) is 13.4. The van der Waals surface area contributed by atoms with Crippen LogP contribution in [0, 0.1) is 12.8 Å². The average molecular weight is 633 g/mol. The van der Waals surface area contributed by atoms with Crippen molar-refractivity contribution in [2.45, 2.75) is 71.2 Å². The van der Waals surface area contributed by atoms with E-state index in [4.69, 9.17) is 24.5 Å². The first kappa shape index (κ1) is 31.3. The molecule has 3 atom stereocenters. The number of aliphatic hydroxyl groups is 1. The van der Waals surface area contributed by atoms with Crippen LogP contribution in [-0.2, 0) is 19.5 Å². The van der Waals surface area contributed by atoms with Crippen LogP contribution >= 0.6 is 0 Å². The first-order valence-electron chi connectivity index (χ1n) is 16.8. The lowest BCUT2D eigenvalue weighted by Crippen LogP contribution is -2.35. The average Bonchev–Trinajstić information content (AvgIpc) is 3.82. The summed E-state index contributed by atoms with van der Waals surface area (Å²) < 4.78 is 5.68. The molecule has 1 saturated heterocycles. The van der Waals surface area contributed by atoms with Gasteiger partial charge in [-0.1, -0.05) is 49.9 Å². The Labute approximate surface area is 277 Å². The molecule has 0 spiro atoms. The number of fused-ring (bicyclic) bond motifs is 1. The van der Waals surface area contributed by atoms with Gasteiger partial charge in [0.05, 0.1) is 37.3 Å². The number of nitrogens with zero attached hydrogens (tertiary/aromatic N) is 4. The maximum absolute atomic E-state index is 10.2. The minimum Gasteiger partial charge on any atom is -0.480 e. The number of aromatic nitrogens is 3. The van der Waals surface area contributed by atoms with Crippen LogP contribution in [0.15, 0.2) is 67.0 Å². The standard InChI is InChI=1S/C38H44N6O3/c1-5-27-30(11-7-12-31(27)32-16-15-26-22-44(47-37(26)42-32)21-25-17-23(2)39-18-25)28-9-6-10-29(24(28)3)34-19-41-35(38(43-34)46-4)20-40-33-13-8-14-36(33)45/h6-7,9-12,15-16,19,25,33,36,39-40,45H,2,5,8,13-14,17-18,20-22H2,1,3-4H3/t25-,33-,36+/m0/s1. The van der Waals surface area contributed by atoms with Crippen LogP contribution in [0.5, 0.6) is 11.8 Å². The number of pyridine rings is 1. The Hall–Kier alpha value is -4.31. The van der Waals surface area contributed by atoms with E-state index >= 15 is 0 Å². The summed E-state index contributed by atoms with van der Waals surface area (Å²) in [4.78, 5) is 20.9. The topological polar surface area (TPSA) is 105 Å². The van der Waals surface area contributed by atoms with Gasteiger partial charge in [-0.25, -0.2) is 9.97 Å². The van der Waals surface area contributed by atoms with Crippen molar-refractivity contribution >= 4 is 0 Å². The third-order valence-electron chi connectivity index (χ3n) is 9.86. The maximum atomic E-state index is 10.2. The number of allylic oxidation sites excluding steroid dienone is 1. The molecular weight excluding hydrogens is 588 g/mol. The minimum atomic E-state index is -0.312. The highest BCUT2D eigenvalue weighted by molar-refractivity contribution is 5.82. The zero-order valence-electron chi connectivity index (χ0n) is 27.6. The predicted octanol–water partition coefficient (Wildman–Crippen LogP) is 5.99. The molecule has 4 aromatic rings. The molecule has 2 aromatic heterocycles. The van der Waals surface area contributed by atoms with Gasteiger partial charge in [-0.05, 0) is 79.3 Å². The number of hydroxylamine groups is 2. The predicted molar refractivity (Wildman–Crippen MR) is 184 cm³/mol. The van der Waals surface area contributed by atoms with E-state index < -0.39 is 0 Å². The molecule has 2 aliphatic heterocycles. The zero-order valence-corrected chi connectivity index (χ0v) is 27.6. The number of nitrogens with one attached hydrogen (secondary N) is 2. The maximum Gasteiger partial charge on any atom is 0.243 e. The molecule has 1 aliphatic carbocycles. The van der Waals surface area contributed by atoms with E-state index in [1.54, 1.807) is 7.11 Å². The minimum absolute atomic E-state index is 0.0819. The summed E-state index contributed by atoms with van der Waals surface area (Å²) in [6, 6.07) is 17.2. The summed E-state index contributed by atoms with van der Waals surface area (Å²) in [5.74, 6) is 1.69. The van der Waals surface area contributed by atoms with Crippen LogP contribution in [-0.4, -0.2) is 57.5 Å². The number of ether oxygens (including phenoxy) is 1. The van der Waals surface area contributed by atoms with Crippen molar-refractivity contribution < 1.29 is 14.7 Å². The van der Waals surface area contributed by atoms with Crippen LogP contribution in [0.2, 0.25) is 0 Å². The molecule has 3 N–H and O–H groups in total. The van der Waals surface area contributed by atoms with Crippen molar-refractivity contribution in [3.63, 3.8) is 0 Å². The summed E-state index contributed by atoms with van der Waals surface area (Å²) in [6.45, 7) is 11.4. The fourth-order valence-electron chi connectivity index (χ4n) is 7.35. The van der Waals surface area contributed by atoms with Gasteiger partial charge in [-0.15, -0.1) is 5.06 Å². The summed E-state index contributed by atoms with van der Waals surface area (Å²) in [5, 5.41) is 19.0. The molecule has 7 rings (SSSR count). The molecule has 4 heterocycles. The fourth-order valence-corrected chi connectivity index (χ4v) is 7.35. The Morgan fingerprint density at radius 1 is 1.04 bits per heavy atom. The van der Waals surface area contributed by atoms with Gasteiger partial charge >= 0.3 is 0 Å². The van der Waals surface area contributed by atoms with Crippen LogP contribution in [0.1, 0.15) is 55.0 Å². The molecule has 47 heavy (non-hydrogen) atoms. The van der Waals surface area contributed by atoms with Gasteiger partial charge in [0, 0.05) is 48.1 Å². The first-order valence-corrected chi connectivity index (χ1v) is 16.8. The molecule has 244 valence electrons. The second-order valence-electron chi connectivity index (χ2n) is 13.0. The lowest BCUT2D eigenvalue weighted by Gasteiger charge is -2.19. The van der Waals surface area contributed by atoms with Gasteiger partial charge in [0.15, 0.2) is 0 Å². The van der Waals surface area contributed by atoms with Crippen LogP contribution in [0.25, 0.3) is 33.6 Å². The van der Waals surface area contributed by atoms with Crippen molar-refractivity contribution in [1.29, 1.82) is 0 Å². The van der Waals surface area contributed by atoms with E-state index in [2.05, 4.69) is 79.6 Å². The molecule has 2 aromatic carbocycles.